The zero-order valence-corrected chi connectivity index (χ0v) is 17.8. The molecule has 2 aromatic carbocycles. The lowest BCUT2D eigenvalue weighted by Crippen LogP contribution is -2.46. The molecule has 3 N–H and O–H groups in total. The topological polar surface area (TPSA) is 126 Å². The first-order chi connectivity index (χ1) is 15.9. The minimum absolute atomic E-state index is 0.109. The molecule has 1 atom stereocenters. The van der Waals surface area contributed by atoms with Crippen LogP contribution in [0.3, 0.4) is 0 Å². The van der Waals surface area contributed by atoms with Crippen molar-refractivity contribution in [3.63, 3.8) is 0 Å². The van der Waals surface area contributed by atoms with Crippen LogP contribution < -0.4 is 31.5 Å². The van der Waals surface area contributed by atoms with Crippen LogP contribution in [-0.2, 0) is 18.3 Å². The maximum Gasteiger partial charge on any atom is 0.329 e. The van der Waals surface area contributed by atoms with Crippen LogP contribution >= 0.6 is 0 Å². The fraction of sp³-hybridized carbons (Fsp3) is 0.217. The van der Waals surface area contributed by atoms with E-state index in [0.717, 1.165) is 17.7 Å². The molecule has 33 heavy (non-hydrogen) atoms. The Morgan fingerprint density at radius 1 is 1.09 bits per heavy atom. The number of hydrogen-bond acceptors (Lipinski definition) is 5. The zero-order valence-electron chi connectivity index (χ0n) is 17.8. The molecule has 0 unspecified atom stereocenters. The molecule has 0 bridgehead atoms. The number of nitrogens with one attached hydrogen (secondary N) is 3. The van der Waals surface area contributed by atoms with E-state index in [9.17, 15) is 19.2 Å². The molecule has 0 saturated heterocycles. The first-order valence-corrected chi connectivity index (χ1v) is 10.4. The predicted molar refractivity (Wildman–Crippen MR) is 121 cm³/mol. The van der Waals surface area contributed by atoms with Gasteiger partial charge in [0, 0.05) is 19.3 Å². The number of amides is 3. The summed E-state index contributed by atoms with van der Waals surface area (Å²) in [6, 6.07) is 13.3. The third-order valence-electron chi connectivity index (χ3n) is 5.92. The Morgan fingerprint density at radius 2 is 1.85 bits per heavy atom. The summed E-state index contributed by atoms with van der Waals surface area (Å²) in [5.41, 5.74) is 1.72. The minimum Gasteiger partial charge on any atom is -0.484 e. The highest BCUT2D eigenvalue weighted by molar-refractivity contribution is 5.96. The third-order valence-corrected chi connectivity index (χ3v) is 5.92. The second-order valence-electron chi connectivity index (χ2n) is 7.89. The molecule has 0 radical (unpaired) electrons. The highest BCUT2D eigenvalue weighted by Crippen LogP contribution is 2.30. The van der Waals surface area contributed by atoms with Gasteiger partial charge < -0.3 is 15.0 Å². The number of aromatic amines is 1. The number of fused-ring (bicyclic) bond motifs is 2. The number of nitrogens with zero attached hydrogens (tertiary/aromatic N) is 2. The molecule has 3 amide bonds. The van der Waals surface area contributed by atoms with Crippen molar-refractivity contribution in [2.75, 3.05) is 23.4 Å². The van der Waals surface area contributed by atoms with Gasteiger partial charge in [-0.05, 0) is 35.7 Å². The van der Waals surface area contributed by atoms with Gasteiger partial charge in [-0.2, -0.15) is 0 Å². The molecule has 2 aliphatic rings. The summed E-state index contributed by atoms with van der Waals surface area (Å²) in [5.74, 6) is 0.500. The second kappa shape index (κ2) is 7.97. The van der Waals surface area contributed by atoms with Crippen LogP contribution in [0.15, 0.2) is 58.1 Å². The Bertz CT molecular complexity index is 1380. The number of carbonyl (C=O) groups is 2. The Morgan fingerprint density at radius 3 is 2.64 bits per heavy atom. The van der Waals surface area contributed by atoms with Gasteiger partial charge in [-0.3, -0.25) is 24.5 Å². The Balaban J connectivity index is 1.33. The minimum atomic E-state index is -0.749. The number of hydrogen-bond donors (Lipinski definition) is 3. The maximum absolute atomic E-state index is 12.6. The van der Waals surface area contributed by atoms with E-state index in [1.165, 1.54) is 11.6 Å². The Labute approximate surface area is 187 Å². The van der Waals surface area contributed by atoms with Crippen LogP contribution in [0.1, 0.15) is 22.7 Å². The molecular formula is C23H21N5O5. The van der Waals surface area contributed by atoms with Gasteiger partial charge in [0.25, 0.3) is 11.5 Å². The van der Waals surface area contributed by atoms with Gasteiger partial charge in [-0.15, -0.1) is 0 Å². The number of para-hydroxylation sites is 1. The van der Waals surface area contributed by atoms with E-state index in [1.807, 2.05) is 24.3 Å². The van der Waals surface area contributed by atoms with E-state index >= 15 is 0 Å². The summed E-state index contributed by atoms with van der Waals surface area (Å²) >= 11 is 0. The molecule has 3 heterocycles. The average Bonchev–Trinajstić information content (AvgIpc) is 3.25. The van der Waals surface area contributed by atoms with Crippen molar-refractivity contribution in [3.05, 3.63) is 86.1 Å². The van der Waals surface area contributed by atoms with Crippen molar-refractivity contribution in [1.82, 2.24) is 14.9 Å². The van der Waals surface area contributed by atoms with E-state index in [0.29, 0.717) is 17.9 Å². The maximum atomic E-state index is 12.6. The van der Waals surface area contributed by atoms with Crippen molar-refractivity contribution < 1.29 is 14.3 Å². The molecule has 5 rings (SSSR count). The second-order valence-corrected chi connectivity index (χ2v) is 7.89. The van der Waals surface area contributed by atoms with Crippen LogP contribution in [0, 0.1) is 0 Å². The van der Waals surface area contributed by atoms with Crippen LogP contribution in [0.5, 0.6) is 5.75 Å². The van der Waals surface area contributed by atoms with Gasteiger partial charge in [0.05, 0.1) is 11.6 Å². The summed E-state index contributed by atoms with van der Waals surface area (Å²) in [6.07, 6.45) is 0.824. The third kappa shape index (κ3) is 3.65. The van der Waals surface area contributed by atoms with E-state index < -0.39 is 23.3 Å². The number of benzene rings is 2. The summed E-state index contributed by atoms with van der Waals surface area (Å²) in [7, 11) is 1.46. The highest BCUT2D eigenvalue weighted by atomic mass is 16.5. The van der Waals surface area contributed by atoms with Crippen LogP contribution in [0.2, 0.25) is 0 Å². The summed E-state index contributed by atoms with van der Waals surface area (Å²) < 4.78 is 6.87. The Kier molecular flexibility index (Phi) is 4.97. The smallest absolute Gasteiger partial charge is 0.329 e. The Hall–Kier alpha value is -4.34. The summed E-state index contributed by atoms with van der Waals surface area (Å²) in [5, 5.41) is 5.22. The van der Waals surface area contributed by atoms with Crippen LogP contribution in [0.4, 0.5) is 16.3 Å². The monoisotopic (exact) mass is 447 g/mol. The normalized spacial score (nSPS) is 16.5. The molecule has 0 saturated carbocycles. The average molecular weight is 447 g/mol. The lowest BCUT2D eigenvalue weighted by molar-refractivity contribution is -0.120. The summed E-state index contributed by atoms with van der Waals surface area (Å²) in [4.78, 5) is 53.1. The molecule has 0 fully saturated rings. The number of H-pyrrole nitrogens is 1. The van der Waals surface area contributed by atoms with Crippen molar-refractivity contribution in [2.24, 2.45) is 7.05 Å². The molecular weight excluding hydrogens is 426 g/mol. The number of anilines is 2. The van der Waals surface area contributed by atoms with Crippen molar-refractivity contribution >= 4 is 23.4 Å². The zero-order chi connectivity index (χ0) is 23.1. The highest BCUT2D eigenvalue weighted by Gasteiger charge is 2.31. The molecule has 3 aromatic rings. The van der Waals surface area contributed by atoms with Gasteiger partial charge >= 0.3 is 11.7 Å². The van der Waals surface area contributed by atoms with Gasteiger partial charge in [0.1, 0.15) is 11.6 Å². The molecule has 1 aromatic heterocycles. The fourth-order valence-electron chi connectivity index (χ4n) is 4.23. The molecule has 0 aliphatic carbocycles. The SMILES string of the molecule is Cn1c2c(c(=O)[nH]c1=O)[C@H](c1ccc(OCC(=O)N3CCc4ccccc43)cc1)NC(=O)N2. The number of rotatable bonds is 4. The largest absolute Gasteiger partial charge is 0.484 e. The van der Waals surface area contributed by atoms with E-state index in [2.05, 4.69) is 15.6 Å². The van der Waals surface area contributed by atoms with E-state index in [4.69, 9.17) is 4.74 Å². The van der Waals surface area contributed by atoms with Gasteiger partial charge in [-0.1, -0.05) is 30.3 Å². The number of urea groups is 1. The number of carbonyl (C=O) groups excluding carboxylic acids is 2. The molecule has 0 spiro atoms. The van der Waals surface area contributed by atoms with Gasteiger partial charge in [0.15, 0.2) is 6.61 Å². The molecule has 10 heteroatoms. The molecule has 10 nitrogen and oxygen atoms in total. The quantitative estimate of drug-likeness (QED) is 0.555. The first kappa shape index (κ1) is 20.6. The van der Waals surface area contributed by atoms with E-state index in [-0.39, 0.29) is 23.9 Å². The summed E-state index contributed by atoms with van der Waals surface area (Å²) in [6.45, 7) is 0.523. The van der Waals surface area contributed by atoms with Crippen LogP contribution in [0.25, 0.3) is 0 Å². The lowest BCUT2D eigenvalue weighted by Gasteiger charge is -2.27. The fourth-order valence-corrected chi connectivity index (χ4v) is 4.23. The predicted octanol–water partition coefficient (Wildman–Crippen LogP) is 1.27. The van der Waals surface area contributed by atoms with Crippen molar-refractivity contribution in [1.29, 1.82) is 0 Å². The molecule has 2 aliphatic heterocycles. The van der Waals surface area contributed by atoms with Crippen molar-refractivity contribution in [3.8, 4) is 5.75 Å². The van der Waals surface area contributed by atoms with E-state index in [1.54, 1.807) is 29.2 Å². The van der Waals surface area contributed by atoms with Crippen molar-refractivity contribution in [2.45, 2.75) is 12.5 Å². The molecule has 168 valence electrons. The van der Waals surface area contributed by atoms with Gasteiger partial charge in [0.2, 0.25) is 0 Å². The van der Waals surface area contributed by atoms with Gasteiger partial charge in [-0.25, -0.2) is 9.59 Å². The number of ether oxygens (including phenoxy) is 1. The number of aromatic nitrogens is 2. The standard InChI is InChI=1S/C23H21N5O5/c1-27-20-18(21(30)26-23(27)32)19(24-22(31)25-20)14-6-8-15(9-7-14)33-12-17(29)28-11-10-13-4-2-3-5-16(13)28/h2-9,19H,10-12H2,1H3,(H2,24,25,31)(H,26,30,32)/t19-/m0/s1. The van der Waals surface area contributed by atoms with Crippen LogP contribution in [-0.4, -0.2) is 34.6 Å². The first-order valence-electron chi connectivity index (χ1n) is 10.4. The lowest BCUT2D eigenvalue weighted by atomic mass is 9.98.